The topological polar surface area (TPSA) is 138 Å². The minimum absolute atomic E-state index is 0.0626. The van der Waals surface area contributed by atoms with Crippen LogP contribution in [0, 0.1) is 12.3 Å². The summed E-state index contributed by atoms with van der Waals surface area (Å²) in [4.78, 5) is 49.6. The largest absolute Gasteiger partial charge is 0.383 e. The predicted molar refractivity (Wildman–Crippen MR) is 82.0 cm³/mol. The van der Waals surface area contributed by atoms with E-state index >= 15 is 0 Å². The summed E-state index contributed by atoms with van der Waals surface area (Å²) in [5.41, 5.74) is 3.69. The fourth-order valence-corrected chi connectivity index (χ4v) is 3.37. The van der Waals surface area contributed by atoms with Crippen LogP contribution in [0.1, 0.15) is 41.8 Å². The van der Waals surface area contributed by atoms with Gasteiger partial charge in [-0.2, -0.15) is 5.16 Å². The average Bonchev–Trinajstić information content (AvgIpc) is 3.04. The van der Waals surface area contributed by atoms with Gasteiger partial charge in [-0.3, -0.25) is 19.2 Å². The minimum Gasteiger partial charge on any atom is -0.383 e. The second kappa shape index (κ2) is 5.81. The van der Waals surface area contributed by atoms with Crippen LogP contribution in [0.25, 0.3) is 0 Å². The van der Waals surface area contributed by atoms with Crippen molar-refractivity contribution in [2.75, 3.05) is 13.1 Å². The Hall–Kier alpha value is -2.58. The molecule has 1 saturated heterocycles. The van der Waals surface area contributed by atoms with Crippen LogP contribution >= 0.6 is 0 Å². The first kappa shape index (κ1) is 16.3. The van der Waals surface area contributed by atoms with Gasteiger partial charge in [0.2, 0.25) is 11.8 Å². The van der Waals surface area contributed by atoms with E-state index < -0.39 is 22.8 Å². The van der Waals surface area contributed by atoms with E-state index in [9.17, 15) is 19.2 Å². The number of rotatable bonds is 4. The maximum absolute atomic E-state index is 12.6. The molecular weight excluding hydrogens is 316 g/mol. The summed E-state index contributed by atoms with van der Waals surface area (Å²) in [5, 5.41) is 4.85. The summed E-state index contributed by atoms with van der Waals surface area (Å²) < 4.78 is 4.82. The molecule has 4 N–H and O–H groups in total. The fourth-order valence-electron chi connectivity index (χ4n) is 3.37. The molecule has 1 atom stereocenters. The van der Waals surface area contributed by atoms with Crippen molar-refractivity contribution >= 4 is 17.7 Å². The zero-order valence-corrected chi connectivity index (χ0v) is 13.4. The molecular formula is C15H20N4O5. The molecule has 0 bridgehead atoms. The van der Waals surface area contributed by atoms with Gasteiger partial charge in [0.25, 0.3) is 11.5 Å². The lowest BCUT2D eigenvalue weighted by Gasteiger charge is -2.39. The van der Waals surface area contributed by atoms with Gasteiger partial charge >= 0.3 is 0 Å². The van der Waals surface area contributed by atoms with Gasteiger partial charge in [0.05, 0.1) is 0 Å². The molecule has 130 valence electrons. The third kappa shape index (κ3) is 2.49. The number of nitrogens with one attached hydrogen (secondary N) is 2. The fraction of sp³-hybridized carbons (Fsp3) is 0.600. The molecule has 2 aliphatic rings. The van der Waals surface area contributed by atoms with Gasteiger partial charge in [0.15, 0.2) is 0 Å². The number of aromatic nitrogens is 1. The maximum Gasteiger partial charge on any atom is 0.293 e. The van der Waals surface area contributed by atoms with Crippen molar-refractivity contribution in [2.24, 2.45) is 11.1 Å². The molecule has 1 aliphatic heterocycles. The molecule has 9 heteroatoms. The summed E-state index contributed by atoms with van der Waals surface area (Å²) in [6.07, 6.45) is 2.34. The van der Waals surface area contributed by atoms with E-state index in [4.69, 9.17) is 10.3 Å². The second-order valence-electron chi connectivity index (χ2n) is 6.47. The summed E-state index contributed by atoms with van der Waals surface area (Å²) in [5.74, 6) is -1.15. The van der Waals surface area contributed by atoms with Crippen LogP contribution in [0.3, 0.4) is 0 Å². The van der Waals surface area contributed by atoms with Crippen molar-refractivity contribution < 1.29 is 18.9 Å². The molecule has 3 rings (SSSR count). The summed E-state index contributed by atoms with van der Waals surface area (Å²) in [7, 11) is 0. The highest BCUT2D eigenvalue weighted by Gasteiger charge is 2.52. The number of nitrogens with zero attached hydrogens (tertiary/aromatic N) is 1. The van der Waals surface area contributed by atoms with Crippen LogP contribution in [0.4, 0.5) is 0 Å². The number of H-pyrrole nitrogens is 1. The first-order valence-electron chi connectivity index (χ1n) is 7.93. The lowest BCUT2D eigenvalue weighted by molar-refractivity contribution is -0.154. The van der Waals surface area contributed by atoms with Crippen LogP contribution in [0.5, 0.6) is 0 Å². The molecule has 0 aromatic carbocycles. The third-order valence-corrected chi connectivity index (χ3v) is 5.00. The summed E-state index contributed by atoms with van der Waals surface area (Å²) >= 11 is 0. The zero-order valence-electron chi connectivity index (χ0n) is 13.4. The van der Waals surface area contributed by atoms with Crippen LogP contribution in [0.2, 0.25) is 0 Å². The number of carbonyl (C=O) groups is 3. The van der Waals surface area contributed by atoms with E-state index in [2.05, 4.69) is 10.5 Å². The van der Waals surface area contributed by atoms with Crippen molar-refractivity contribution in [3.63, 3.8) is 0 Å². The highest BCUT2D eigenvalue weighted by Crippen LogP contribution is 2.42. The predicted octanol–water partition coefficient (Wildman–Crippen LogP) is -0.737. The van der Waals surface area contributed by atoms with Crippen molar-refractivity contribution in [2.45, 2.75) is 38.6 Å². The van der Waals surface area contributed by atoms with E-state index in [0.717, 1.165) is 6.42 Å². The Balaban J connectivity index is 1.64. The maximum atomic E-state index is 12.6. The Morgan fingerprint density at radius 2 is 2.08 bits per heavy atom. The number of primary amides is 1. The first-order valence-corrected chi connectivity index (χ1v) is 7.93. The van der Waals surface area contributed by atoms with E-state index in [-0.39, 0.29) is 23.3 Å². The molecule has 2 fully saturated rings. The molecule has 1 aromatic rings. The number of aryl methyl sites for hydroxylation is 1. The Labute approximate surface area is 137 Å². The van der Waals surface area contributed by atoms with E-state index in [0.29, 0.717) is 32.4 Å². The Bertz CT molecular complexity index is 745. The molecule has 9 nitrogen and oxygen atoms in total. The molecule has 1 saturated carbocycles. The lowest BCUT2D eigenvalue weighted by atomic mass is 9.67. The highest BCUT2D eigenvalue weighted by atomic mass is 16.5. The lowest BCUT2D eigenvalue weighted by Crippen LogP contribution is -2.55. The average molecular weight is 336 g/mol. The van der Waals surface area contributed by atoms with Gasteiger partial charge in [-0.15, -0.1) is 0 Å². The first-order chi connectivity index (χ1) is 11.3. The van der Waals surface area contributed by atoms with Gasteiger partial charge in [0.1, 0.15) is 16.7 Å². The van der Waals surface area contributed by atoms with Gasteiger partial charge < -0.3 is 20.5 Å². The van der Waals surface area contributed by atoms with Gasteiger partial charge in [-0.1, -0.05) is 6.42 Å². The number of amides is 3. The number of likely N-dealkylation sites (tertiary alicyclic amines) is 1. The van der Waals surface area contributed by atoms with Crippen molar-refractivity contribution in [3.8, 4) is 0 Å². The van der Waals surface area contributed by atoms with Crippen molar-refractivity contribution in [1.29, 1.82) is 0 Å². The second-order valence-corrected chi connectivity index (χ2v) is 6.47. The van der Waals surface area contributed by atoms with Gasteiger partial charge in [0, 0.05) is 19.1 Å². The smallest absolute Gasteiger partial charge is 0.293 e. The minimum atomic E-state index is -1.07. The molecule has 0 radical (unpaired) electrons. The van der Waals surface area contributed by atoms with Gasteiger partial charge in [-0.25, -0.2) is 0 Å². The molecule has 0 spiro atoms. The molecule has 3 amide bonds. The third-order valence-electron chi connectivity index (χ3n) is 5.00. The van der Waals surface area contributed by atoms with E-state index in [1.54, 1.807) is 4.90 Å². The SMILES string of the molecule is Cc1o[nH]c(=O)c1C(=O)NC1CCN(C(=O)C2(C(N)=O)CCC2)C1. The van der Waals surface area contributed by atoms with Crippen LogP contribution in [0.15, 0.2) is 9.32 Å². The zero-order chi connectivity index (χ0) is 17.5. The molecule has 24 heavy (non-hydrogen) atoms. The van der Waals surface area contributed by atoms with Gasteiger partial charge in [-0.05, 0) is 26.2 Å². The molecule has 2 heterocycles. The standard InChI is InChI=1S/C15H20N4O5/c1-8-10(12(21)18-24-8)11(20)17-9-3-6-19(7-9)14(23)15(13(16)22)4-2-5-15/h9H,2-7H2,1H3,(H2,16,22)(H,17,20)(H,18,21). The van der Waals surface area contributed by atoms with Crippen LogP contribution in [-0.4, -0.2) is 46.9 Å². The molecule has 1 unspecified atom stereocenters. The van der Waals surface area contributed by atoms with Crippen molar-refractivity contribution in [3.05, 3.63) is 21.7 Å². The number of hydrogen-bond acceptors (Lipinski definition) is 5. The number of carbonyl (C=O) groups excluding carboxylic acids is 3. The Morgan fingerprint density at radius 1 is 1.38 bits per heavy atom. The Kier molecular flexibility index (Phi) is 3.94. The van der Waals surface area contributed by atoms with Crippen molar-refractivity contribution in [1.82, 2.24) is 15.4 Å². The van der Waals surface area contributed by atoms with E-state index in [1.807, 2.05) is 0 Å². The summed E-state index contributed by atoms with van der Waals surface area (Å²) in [6, 6.07) is -0.278. The highest BCUT2D eigenvalue weighted by molar-refractivity contribution is 6.05. The summed E-state index contributed by atoms with van der Waals surface area (Å²) in [6.45, 7) is 2.26. The monoisotopic (exact) mass is 336 g/mol. The van der Waals surface area contributed by atoms with E-state index in [1.165, 1.54) is 6.92 Å². The number of hydrogen-bond donors (Lipinski definition) is 3. The quantitative estimate of drug-likeness (QED) is 0.622. The molecule has 1 aliphatic carbocycles. The Morgan fingerprint density at radius 3 is 2.58 bits per heavy atom. The van der Waals surface area contributed by atoms with Crippen LogP contribution < -0.4 is 16.6 Å². The number of nitrogens with two attached hydrogens (primary N) is 1. The number of aromatic amines is 1. The molecule has 1 aromatic heterocycles. The normalized spacial score (nSPS) is 22.0. The van der Waals surface area contributed by atoms with Crippen LogP contribution in [-0.2, 0) is 9.59 Å².